The largest absolute Gasteiger partial charge is 0.444 e. The summed E-state index contributed by atoms with van der Waals surface area (Å²) in [7, 11) is -1.51. The van der Waals surface area contributed by atoms with Gasteiger partial charge in [-0.15, -0.1) is 5.54 Å². The number of carbonyl (C=O) groups excluding carboxylic acids is 1. The van der Waals surface area contributed by atoms with Crippen molar-refractivity contribution < 1.29 is 9.53 Å². The Bertz CT molecular complexity index is 733. The topological polar surface area (TPSA) is 41.6 Å². The highest BCUT2D eigenvalue weighted by Gasteiger charge is 2.36. The zero-order chi connectivity index (χ0) is 20.3. The summed E-state index contributed by atoms with van der Waals surface area (Å²) in [4.78, 5) is 14.2. The summed E-state index contributed by atoms with van der Waals surface area (Å²) in [5.41, 5.74) is 3.76. The maximum Gasteiger partial charge on any atom is 0.410 e. The van der Waals surface area contributed by atoms with E-state index in [0.29, 0.717) is 13.1 Å². The molecular formula is C21H31BrN2O2Si. The van der Waals surface area contributed by atoms with Crippen molar-refractivity contribution in [2.24, 2.45) is 0 Å². The van der Waals surface area contributed by atoms with Crippen LogP contribution in [0.2, 0.25) is 19.6 Å². The van der Waals surface area contributed by atoms with Crippen molar-refractivity contribution in [3.8, 4) is 11.5 Å². The van der Waals surface area contributed by atoms with Gasteiger partial charge in [0.15, 0.2) is 0 Å². The molecule has 1 aromatic rings. The molecule has 0 radical (unpaired) electrons. The Morgan fingerprint density at radius 2 is 1.81 bits per heavy atom. The third kappa shape index (κ3) is 6.89. The summed E-state index contributed by atoms with van der Waals surface area (Å²) in [5.74, 6) is 3.56. The predicted octanol–water partition coefficient (Wildman–Crippen LogP) is 5.51. The Balaban J connectivity index is 2.20. The van der Waals surface area contributed by atoms with Gasteiger partial charge in [-0.25, -0.2) is 4.79 Å². The third-order valence-electron chi connectivity index (χ3n) is 4.19. The van der Waals surface area contributed by atoms with Gasteiger partial charge in [-0.05, 0) is 61.7 Å². The second-order valence-electron chi connectivity index (χ2n) is 9.15. The lowest BCUT2D eigenvalue weighted by atomic mass is 9.88. The highest BCUT2D eigenvalue weighted by molar-refractivity contribution is 9.10. The van der Waals surface area contributed by atoms with Gasteiger partial charge >= 0.3 is 6.09 Å². The van der Waals surface area contributed by atoms with Gasteiger partial charge in [0, 0.05) is 23.2 Å². The fourth-order valence-corrected chi connectivity index (χ4v) is 3.80. The molecule has 0 aliphatic carbocycles. The maximum atomic E-state index is 12.4. The van der Waals surface area contributed by atoms with Gasteiger partial charge in [-0.1, -0.05) is 37.7 Å². The van der Waals surface area contributed by atoms with Crippen molar-refractivity contribution in [2.75, 3.05) is 18.4 Å². The number of amides is 1. The summed E-state index contributed by atoms with van der Waals surface area (Å²) >= 11 is 3.62. The van der Waals surface area contributed by atoms with Gasteiger partial charge in [0.05, 0.1) is 0 Å². The first-order chi connectivity index (χ1) is 12.4. The molecule has 1 N–H and O–H groups in total. The van der Waals surface area contributed by atoms with E-state index < -0.39 is 13.7 Å². The van der Waals surface area contributed by atoms with Gasteiger partial charge in [0.1, 0.15) is 19.2 Å². The van der Waals surface area contributed by atoms with Gasteiger partial charge in [0.25, 0.3) is 0 Å². The molecule has 1 fully saturated rings. The zero-order valence-electron chi connectivity index (χ0n) is 17.3. The molecule has 1 heterocycles. The molecule has 1 saturated heterocycles. The highest BCUT2D eigenvalue weighted by atomic mass is 79.9. The van der Waals surface area contributed by atoms with Gasteiger partial charge in [-0.2, -0.15) is 0 Å². The summed E-state index contributed by atoms with van der Waals surface area (Å²) in [6.07, 6.45) is 1.30. The molecule has 1 aliphatic rings. The van der Waals surface area contributed by atoms with E-state index in [-0.39, 0.29) is 11.6 Å². The van der Waals surface area contributed by atoms with Gasteiger partial charge < -0.3 is 15.0 Å². The second-order valence-corrected chi connectivity index (χ2v) is 14.8. The molecule has 4 nitrogen and oxygen atoms in total. The number of hydrogen-bond acceptors (Lipinski definition) is 3. The minimum absolute atomic E-state index is 0.241. The Hall–Kier alpha value is -1.45. The quantitative estimate of drug-likeness (QED) is 0.476. The number of likely N-dealkylation sites (tertiary alicyclic amines) is 1. The minimum Gasteiger partial charge on any atom is -0.444 e. The second kappa shape index (κ2) is 8.28. The molecular weight excluding hydrogens is 420 g/mol. The van der Waals surface area contributed by atoms with Crippen LogP contribution in [0.5, 0.6) is 0 Å². The molecule has 0 atom stereocenters. The van der Waals surface area contributed by atoms with E-state index in [2.05, 4.69) is 58.4 Å². The van der Waals surface area contributed by atoms with Crippen molar-refractivity contribution in [2.45, 2.75) is 64.4 Å². The van der Waals surface area contributed by atoms with Crippen LogP contribution in [0, 0.1) is 11.5 Å². The first-order valence-electron chi connectivity index (χ1n) is 9.44. The van der Waals surface area contributed by atoms with Crippen LogP contribution in [0.15, 0.2) is 28.7 Å². The van der Waals surface area contributed by atoms with Crippen LogP contribution in [0.4, 0.5) is 10.5 Å². The predicted molar refractivity (Wildman–Crippen MR) is 119 cm³/mol. The van der Waals surface area contributed by atoms with E-state index in [1.54, 1.807) is 4.90 Å². The van der Waals surface area contributed by atoms with E-state index in [9.17, 15) is 4.79 Å². The van der Waals surface area contributed by atoms with Crippen LogP contribution in [0.1, 0.15) is 33.6 Å². The highest BCUT2D eigenvalue weighted by Crippen LogP contribution is 2.31. The smallest absolute Gasteiger partial charge is 0.410 e. The number of carbonyl (C=O) groups is 1. The summed E-state index contributed by atoms with van der Waals surface area (Å²) in [5, 5.41) is 3.67. The van der Waals surface area contributed by atoms with Crippen molar-refractivity contribution in [1.82, 2.24) is 4.90 Å². The molecule has 1 aliphatic heterocycles. The van der Waals surface area contributed by atoms with Crippen molar-refractivity contribution in [3.63, 3.8) is 0 Å². The molecule has 2 rings (SSSR count). The molecule has 1 amide bonds. The monoisotopic (exact) mass is 450 g/mol. The van der Waals surface area contributed by atoms with Crippen LogP contribution in [0.25, 0.3) is 0 Å². The van der Waals surface area contributed by atoms with Crippen LogP contribution in [-0.2, 0) is 4.74 Å². The lowest BCUT2D eigenvalue weighted by Crippen LogP contribution is -2.51. The van der Waals surface area contributed by atoms with Crippen molar-refractivity contribution in [1.29, 1.82) is 0 Å². The van der Waals surface area contributed by atoms with Gasteiger partial charge in [-0.3, -0.25) is 0 Å². The first kappa shape index (κ1) is 21.8. The fourth-order valence-electron chi connectivity index (χ4n) is 2.81. The standard InChI is InChI=1S/C21H31BrN2O2Si/c1-20(2,3)26-19(25)24-14-11-21(12-15-24,13-16-27(4,5)6)23-18-10-8-7-9-17(18)22/h7-10,23H,11-12,14-15H2,1-6H3. The van der Waals surface area contributed by atoms with E-state index in [1.807, 2.05) is 39.0 Å². The van der Waals surface area contributed by atoms with E-state index in [1.165, 1.54) is 0 Å². The molecule has 27 heavy (non-hydrogen) atoms. The number of benzene rings is 1. The van der Waals surface area contributed by atoms with Crippen LogP contribution < -0.4 is 5.32 Å². The number of nitrogens with one attached hydrogen (secondary N) is 1. The summed E-state index contributed by atoms with van der Waals surface area (Å²) in [6.45, 7) is 13.7. The van der Waals surface area contributed by atoms with Gasteiger partial charge in [0.2, 0.25) is 0 Å². The molecule has 0 aromatic heterocycles. The van der Waals surface area contributed by atoms with Crippen LogP contribution in [-0.4, -0.2) is 43.3 Å². The number of nitrogens with zero attached hydrogens (tertiary/aromatic N) is 1. The number of anilines is 1. The molecule has 0 saturated carbocycles. The summed E-state index contributed by atoms with van der Waals surface area (Å²) in [6, 6.07) is 8.10. The number of piperidine rings is 1. The van der Waals surface area contributed by atoms with E-state index in [4.69, 9.17) is 4.74 Å². The van der Waals surface area contributed by atoms with Crippen LogP contribution in [0.3, 0.4) is 0 Å². The molecule has 0 bridgehead atoms. The third-order valence-corrected chi connectivity index (χ3v) is 5.76. The van der Waals surface area contributed by atoms with E-state index in [0.717, 1.165) is 23.0 Å². The lowest BCUT2D eigenvalue weighted by Gasteiger charge is -2.40. The fraction of sp³-hybridized carbons (Fsp3) is 0.571. The first-order valence-corrected chi connectivity index (χ1v) is 13.7. The Morgan fingerprint density at radius 1 is 1.22 bits per heavy atom. The maximum absolute atomic E-state index is 12.4. The number of rotatable bonds is 2. The lowest BCUT2D eigenvalue weighted by molar-refractivity contribution is 0.0195. The number of halogens is 1. The average Bonchev–Trinajstić information content (AvgIpc) is 2.54. The minimum atomic E-state index is -1.51. The molecule has 1 aromatic carbocycles. The Labute approximate surface area is 173 Å². The molecule has 6 heteroatoms. The zero-order valence-corrected chi connectivity index (χ0v) is 19.9. The number of ether oxygens (including phenoxy) is 1. The Kier molecular flexibility index (Phi) is 6.70. The Morgan fingerprint density at radius 3 is 2.33 bits per heavy atom. The van der Waals surface area contributed by atoms with Crippen molar-refractivity contribution >= 4 is 35.8 Å². The number of hydrogen-bond donors (Lipinski definition) is 1. The molecule has 0 spiro atoms. The number of para-hydroxylation sites is 1. The van der Waals surface area contributed by atoms with Crippen LogP contribution >= 0.6 is 15.9 Å². The molecule has 0 unspecified atom stereocenters. The van der Waals surface area contributed by atoms with E-state index >= 15 is 0 Å². The summed E-state index contributed by atoms with van der Waals surface area (Å²) < 4.78 is 6.55. The SMILES string of the molecule is CC(C)(C)OC(=O)N1CCC(C#C[Si](C)(C)C)(Nc2ccccc2Br)CC1. The normalized spacial score (nSPS) is 16.9. The average molecular weight is 451 g/mol. The molecule has 148 valence electrons. The van der Waals surface area contributed by atoms with Crippen molar-refractivity contribution in [3.05, 3.63) is 28.7 Å².